The fourth-order valence-corrected chi connectivity index (χ4v) is 2.03. The lowest BCUT2D eigenvalue weighted by atomic mass is 10.2. The zero-order valence-electron chi connectivity index (χ0n) is 8.86. The molecule has 0 heterocycles. The Kier molecular flexibility index (Phi) is 5.01. The van der Waals surface area contributed by atoms with Gasteiger partial charge in [0.05, 0.1) is 0 Å². The summed E-state index contributed by atoms with van der Waals surface area (Å²) in [7, 11) is 2.10. The summed E-state index contributed by atoms with van der Waals surface area (Å²) in [5, 5.41) is 0. The molecule has 2 N–H and O–H groups in total. The largest absolute Gasteiger partial charge is 0.329 e. The Morgan fingerprint density at radius 1 is 1.36 bits per heavy atom. The van der Waals surface area contributed by atoms with E-state index in [-0.39, 0.29) is 0 Å². The number of nitrogens with zero attached hydrogens (tertiary/aromatic N) is 1. The van der Waals surface area contributed by atoms with Crippen LogP contribution < -0.4 is 5.73 Å². The normalized spacial score (nSPS) is 10.9. The predicted molar refractivity (Wildman–Crippen MR) is 63.6 cm³/mol. The second-order valence-corrected chi connectivity index (χ2v) is 4.19. The molecule has 0 saturated heterocycles. The minimum Gasteiger partial charge on any atom is -0.329 e. The van der Waals surface area contributed by atoms with E-state index in [0.717, 1.165) is 19.6 Å². The first-order chi connectivity index (χ1) is 6.77. The molecule has 0 unspecified atom stereocenters. The summed E-state index contributed by atoms with van der Waals surface area (Å²) in [6, 6.07) is 8.51. The van der Waals surface area contributed by atoms with Crippen molar-refractivity contribution in [2.24, 2.45) is 5.73 Å². The molecule has 1 aromatic rings. The Morgan fingerprint density at radius 3 is 2.71 bits per heavy atom. The molecule has 0 radical (unpaired) electrons. The molecule has 0 aromatic heterocycles. The molecule has 2 nitrogen and oxygen atoms in total. The quantitative estimate of drug-likeness (QED) is 0.751. The molecule has 0 fully saturated rings. The van der Waals surface area contributed by atoms with Gasteiger partial charge in [-0.05, 0) is 24.9 Å². The van der Waals surface area contributed by atoms with Crippen molar-refractivity contribution in [1.29, 1.82) is 0 Å². The average molecular weight is 210 g/mol. The standard InChI is InChI=1S/C11H18N2S/c1-13(8-7-12)9-10-5-3-4-6-11(10)14-2/h3-6H,7-9,12H2,1-2H3. The maximum absolute atomic E-state index is 5.51. The predicted octanol–water partition coefficient (Wildman–Crippen LogP) is 1.80. The van der Waals surface area contributed by atoms with E-state index >= 15 is 0 Å². The van der Waals surface area contributed by atoms with Gasteiger partial charge in [0.1, 0.15) is 0 Å². The van der Waals surface area contributed by atoms with E-state index in [0.29, 0.717) is 0 Å². The van der Waals surface area contributed by atoms with Crippen LogP contribution in [0.15, 0.2) is 29.2 Å². The monoisotopic (exact) mass is 210 g/mol. The van der Waals surface area contributed by atoms with Gasteiger partial charge in [-0.1, -0.05) is 18.2 Å². The summed E-state index contributed by atoms with van der Waals surface area (Å²) in [5.41, 5.74) is 6.89. The molecule has 0 aliphatic rings. The summed E-state index contributed by atoms with van der Waals surface area (Å²) < 4.78 is 0. The molecule has 0 bridgehead atoms. The second kappa shape index (κ2) is 6.06. The lowest BCUT2D eigenvalue weighted by Crippen LogP contribution is -2.25. The molecule has 1 rings (SSSR count). The number of benzene rings is 1. The van der Waals surface area contributed by atoms with Crippen molar-refractivity contribution >= 4 is 11.8 Å². The number of likely N-dealkylation sites (N-methyl/N-ethyl adjacent to an activating group) is 1. The third-order valence-corrected chi connectivity index (χ3v) is 2.98. The molecule has 0 atom stereocenters. The maximum Gasteiger partial charge on any atom is 0.0242 e. The molecule has 0 spiro atoms. The van der Waals surface area contributed by atoms with Gasteiger partial charge in [0.25, 0.3) is 0 Å². The van der Waals surface area contributed by atoms with Crippen molar-refractivity contribution in [3.63, 3.8) is 0 Å². The van der Waals surface area contributed by atoms with Crippen LogP contribution in [0.2, 0.25) is 0 Å². The lowest BCUT2D eigenvalue weighted by molar-refractivity contribution is 0.334. The first kappa shape index (κ1) is 11.6. The maximum atomic E-state index is 5.51. The Hall–Kier alpha value is -0.510. The van der Waals surface area contributed by atoms with Crippen molar-refractivity contribution in [3.05, 3.63) is 29.8 Å². The SMILES string of the molecule is CSc1ccccc1CN(C)CCN. The van der Waals surface area contributed by atoms with Crippen LogP contribution in [0.4, 0.5) is 0 Å². The average Bonchev–Trinajstić information content (AvgIpc) is 2.19. The zero-order chi connectivity index (χ0) is 10.4. The van der Waals surface area contributed by atoms with Crippen molar-refractivity contribution in [2.75, 3.05) is 26.4 Å². The molecule has 0 aliphatic carbocycles. The Balaban J connectivity index is 2.65. The van der Waals surface area contributed by atoms with Crippen molar-refractivity contribution < 1.29 is 0 Å². The number of rotatable bonds is 5. The van der Waals surface area contributed by atoms with E-state index in [1.807, 2.05) is 0 Å². The van der Waals surface area contributed by atoms with E-state index in [9.17, 15) is 0 Å². The van der Waals surface area contributed by atoms with Crippen molar-refractivity contribution in [1.82, 2.24) is 4.90 Å². The fourth-order valence-electron chi connectivity index (χ4n) is 1.42. The molecule has 78 valence electrons. The topological polar surface area (TPSA) is 29.3 Å². The molecule has 3 heteroatoms. The zero-order valence-corrected chi connectivity index (χ0v) is 9.68. The van der Waals surface area contributed by atoms with Crippen LogP contribution in [-0.2, 0) is 6.54 Å². The summed E-state index contributed by atoms with van der Waals surface area (Å²) in [6.07, 6.45) is 2.11. The highest BCUT2D eigenvalue weighted by molar-refractivity contribution is 7.98. The van der Waals surface area contributed by atoms with Crippen LogP contribution in [0.1, 0.15) is 5.56 Å². The van der Waals surface area contributed by atoms with E-state index < -0.39 is 0 Å². The summed E-state index contributed by atoms with van der Waals surface area (Å²) in [4.78, 5) is 3.60. The molecule has 0 aliphatic heterocycles. The van der Waals surface area contributed by atoms with Gasteiger partial charge in [-0.2, -0.15) is 0 Å². The molecule has 1 aromatic carbocycles. The van der Waals surface area contributed by atoms with Gasteiger partial charge in [0, 0.05) is 24.5 Å². The number of nitrogens with two attached hydrogens (primary N) is 1. The van der Waals surface area contributed by atoms with Crippen molar-refractivity contribution in [3.8, 4) is 0 Å². The first-order valence-corrected chi connectivity index (χ1v) is 6.01. The molecular formula is C11H18N2S. The number of hydrogen-bond acceptors (Lipinski definition) is 3. The number of thioether (sulfide) groups is 1. The molecule has 0 amide bonds. The van der Waals surface area contributed by atoms with Gasteiger partial charge in [-0.15, -0.1) is 11.8 Å². The minimum atomic E-state index is 0.720. The fraction of sp³-hybridized carbons (Fsp3) is 0.455. The summed E-state index contributed by atoms with van der Waals surface area (Å²) in [6.45, 7) is 2.65. The van der Waals surface area contributed by atoms with Gasteiger partial charge in [-0.3, -0.25) is 0 Å². The van der Waals surface area contributed by atoms with E-state index in [2.05, 4.69) is 42.5 Å². The first-order valence-electron chi connectivity index (χ1n) is 4.78. The van der Waals surface area contributed by atoms with Gasteiger partial charge in [0.2, 0.25) is 0 Å². The smallest absolute Gasteiger partial charge is 0.0242 e. The second-order valence-electron chi connectivity index (χ2n) is 3.34. The highest BCUT2D eigenvalue weighted by Gasteiger charge is 2.03. The summed E-state index contributed by atoms with van der Waals surface area (Å²) >= 11 is 1.80. The van der Waals surface area contributed by atoms with Crippen LogP contribution in [0.5, 0.6) is 0 Å². The van der Waals surface area contributed by atoms with E-state index in [1.54, 1.807) is 11.8 Å². The lowest BCUT2D eigenvalue weighted by Gasteiger charge is -2.17. The third kappa shape index (κ3) is 3.33. The summed E-state index contributed by atoms with van der Waals surface area (Å²) in [5.74, 6) is 0. The van der Waals surface area contributed by atoms with Gasteiger partial charge in [-0.25, -0.2) is 0 Å². The van der Waals surface area contributed by atoms with E-state index in [1.165, 1.54) is 10.5 Å². The Labute approximate surface area is 90.5 Å². The van der Waals surface area contributed by atoms with Gasteiger partial charge in [0.15, 0.2) is 0 Å². The van der Waals surface area contributed by atoms with Crippen LogP contribution in [0.25, 0.3) is 0 Å². The van der Waals surface area contributed by atoms with Gasteiger partial charge >= 0.3 is 0 Å². The van der Waals surface area contributed by atoms with Crippen LogP contribution in [-0.4, -0.2) is 31.3 Å². The highest BCUT2D eigenvalue weighted by atomic mass is 32.2. The Bertz CT molecular complexity index is 276. The number of hydrogen-bond donors (Lipinski definition) is 1. The third-order valence-electron chi connectivity index (χ3n) is 2.14. The van der Waals surface area contributed by atoms with E-state index in [4.69, 9.17) is 5.73 Å². The van der Waals surface area contributed by atoms with Gasteiger partial charge < -0.3 is 10.6 Å². The Morgan fingerprint density at radius 2 is 2.07 bits per heavy atom. The van der Waals surface area contributed by atoms with Crippen LogP contribution >= 0.6 is 11.8 Å². The molecular weight excluding hydrogens is 192 g/mol. The van der Waals surface area contributed by atoms with Crippen LogP contribution in [0.3, 0.4) is 0 Å². The van der Waals surface area contributed by atoms with Crippen LogP contribution in [0, 0.1) is 0 Å². The highest BCUT2D eigenvalue weighted by Crippen LogP contribution is 2.20. The molecule has 0 saturated carbocycles. The molecule has 14 heavy (non-hydrogen) atoms. The van der Waals surface area contributed by atoms with Crippen molar-refractivity contribution in [2.45, 2.75) is 11.4 Å². The minimum absolute atomic E-state index is 0.720.